The highest BCUT2D eigenvalue weighted by molar-refractivity contribution is 7.15. The van der Waals surface area contributed by atoms with Gasteiger partial charge in [0.25, 0.3) is 5.91 Å². The molecule has 0 bridgehead atoms. The molecular weight excluding hydrogens is 344 g/mol. The molecular formula is C21H28N2O2S. The Kier molecular flexibility index (Phi) is 5.37. The monoisotopic (exact) mass is 372 g/mol. The van der Waals surface area contributed by atoms with E-state index in [1.807, 2.05) is 26.0 Å². The molecule has 140 valence electrons. The third-order valence-electron chi connectivity index (χ3n) is 4.98. The molecule has 1 N–H and O–H groups in total. The molecule has 0 unspecified atom stereocenters. The number of aromatic nitrogens is 1. The van der Waals surface area contributed by atoms with Crippen LogP contribution in [-0.4, -0.2) is 17.5 Å². The zero-order chi connectivity index (χ0) is 18.9. The lowest BCUT2D eigenvalue weighted by Crippen LogP contribution is -2.26. The Bertz CT molecular complexity index is 785. The van der Waals surface area contributed by atoms with Gasteiger partial charge in [0.1, 0.15) is 5.75 Å². The number of hydrogen-bond acceptors (Lipinski definition) is 4. The Morgan fingerprint density at radius 3 is 2.62 bits per heavy atom. The van der Waals surface area contributed by atoms with Crippen molar-refractivity contribution in [3.05, 3.63) is 39.9 Å². The molecule has 0 aliphatic heterocycles. The van der Waals surface area contributed by atoms with Crippen molar-refractivity contribution in [2.24, 2.45) is 11.3 Å². The highest BCUT2D eigenvalue weighted by Crippen LogP contribution is 2.40. The van der Waals surface area contributed by atoms with Gasteiger partial charge in [-0.05, 0) is 67.7 Å². The van der Waals surface area contributed by atoms with Crippen LogP contribution in [0.3, 0.4) is 0 Å². The number of ether oxygens (including phenoxy) is 1. The number of hydrogen-bond donors (Lipinski definition) is 1. The van der Waals surface area contributed by atoms with E-state index in [0.29, 0.717) is 16.5 Å². The predicted octanol–water partition coefficient (Wildman–Crippen LogP) is 4.93. The summed E-state index contributed by atoms with van der Waals surface area (Å²) in [6.45, 7) is 10.9. The highest BCUT2D eigenvalue weighted by atomic mass is 32.1. The summed E-state index contributed by atoms with van der Waals surface area (Å²) >= 11 is 1.61. The van der Waals surface area contributed by atoms with Crippen LogP contribution < -0.4 is 10.1 Å². The Labute approximate surface area is 160 Å². The first-order valence-electron chi connectivity index (χ1n) is 9.20. The molecule has 0 fully saturated rings. The van der Waals surface area contributed by atoms with Crippen molar-refractivity contribution in [1.29, 1.82) is 0 Å². The van der Waals surface area contributed by atoms with Gasteiger partial charge in [-0.2, -0.15) is 0 Å². The third kappa shape index (κ3) is 4.64. The van der Waals surface area contributed by atoms with E-state index in [9.17, 15) is 4.79 Å². The first kappa shape index (κ1) is 18.9. The minimum absolute atomic E-state index is 0.00223. The molecule has 1 aliphatic rings. The third-order valence-corrected chi connectivity index (χ3v) is 6.01. The number of amides is 1. The summed E-state index contributed by atoms with van der Waals surface area (Å²) in [5.41, 5.74) is 3.72. The van der Waals surface area contributed by atoms with Crippen LogP contribution in [0.5, 0.6) is 5.75 Å². The van der Waals surface area contributed by atoms with E-state index in [-0.39, 0.29) is 12.5 Å². The zero-order valence-electron chi connectivity index (χ0n) is 16.3. The maximum absolute atomic E-state index is 12.2. The quantitative estimate of drug-likeness (QED) is 0.828. The van der Waals surface area contributed by atoms with Crippen molar-refractivity contribution in [3.63, 3.8) is 0 Å². The SMILES string of the molecule is Cc1cc(C)cc(OCC(=O)Nc2nc3c(s2)C[C@@H](C(C)(C)C)CC3)c1. The standard InChI is InChI=1S/C21H28N2O2S/c1-13-8-14(2)10-16(9-13)25-12-19(24)23-20-22-17-7-6-15(21(3,4)5)11-18(17)26-20/h8-10,15H,6-7,11-12H2,1-5H3,(H,22,23,24)/t15-/m0/s1. The second-order valence-electron chi connectivity index (χ2n) is 8.35. The van der Waals surface area contributed by atoms with Crippen LogP contribution >= 0.6 is 11.3 Å². The van der Waals surface area contributed by atoms with Gasteiger partial charge in [0.05, 0.1) is 5.69 Å². The van der Waals surface area contributed by atoms with Crippen LogP contribution in [0.25, 0.3) is 0 Å². The molecule has 1 amide bonds. The summed E-state index contributed by atoms with van der Waals surface area (Å²) in [5, 5.41) is 3.59. The van der Waals surface area contributed by atoms with Crippen LogP contribution in [0.2, 0.25) is 0 Å². The van der Waals surface area contributed by atoms with Gasteiger partial charge in [0.2, 0.25) is 0 Å². The number of fused-ring (bicyclic) bond motifs is 1. The molecule has 2 aromatic rings. The van der Waals surface area contributed by atoms with E-state index in [0.717, 1.165) is 35.4 Å². The Morgan fingerprint density at radius 1 is 1.27 bits per heavy atom. The van der Waals surface area contributed by atoms with Gasteiger partial charge in [0, 0.05) is 4.88 Å². The lowest BCUT2D eigenvalue weighted by molar-refractivity contribution is -0.118. The van der Waals surface area contributed by atoms with Crippen LogP contribution in [0.1, 0.15) is 48.9 Å². The maximum atomic E-state index is 12.2. The minimum atomic E-state index is -0.164. The number of anilines is 1. The average molecular weight is 373 g/mol. The summed E-state index contributed by atoms with van der Waals surface area (Å²) in [4.78, 5) is 18.2. The second-order valence-corrected chi connectivity index (χ2v) is 9.44. The summed E-state index contributed by atoms with van der Waals surface area (Å²) in [7, 11) is 0. The van der Waals surface area contributed by atoms with Gasteiger partial charge in [0.15, 0.2) is 11.7 Å². The van der Waals surface area contributed by atoms with Gasteiger partial charge in [-0.3, -0.25) is 10.1 Å². The van der Waals surface area contributed by atoms with Crippen LogP contribution in [0.15, 0.2) is 18.2 Å². The fraction of sp³-hybridized carbons (Fsp3) is 0.524. The summed E-state index contributed by atoms with van der Waals surface area (Å²) in [6.07, 6.45) is 3.23. The fourth-order valence-corrected chi connectivity index (χ4v) is 4.59. The molecule has 26 heavy (non-hydrogen) atoms. The molecule has 1 aliphatic carbocycles. The van der Waals surface area contributed by atoms with E-state index < -0.39 is 0 Å². The molecule has 1 aromatic heterocycles. The van der Waals surface area contributed by atoms with Gasteiger partial charge in [-0.1, -0.05) is 26.8 Å². The molecule has 3 rings (SSSR count). The van der Waals surface area contributed by atoms with Gasteiger partial charge in [-0.15, -0.1) is 11.3 Å². The van der Waals surface area contributed by atoms with E-state index >= 15 is 0 Å². The molecule has 5 heteroatoms. The van der Waals surface area contributed by atoms with E-state index in [1.54, 1.807) is 11.3 Å². The molecule has 0 radical (unpaired) electrons. The van der Waals surface area contributed by atoms with Crippen LogP contribution in [0, 0.1) is 25.2 Å². The van der Waals surface area contributed by atoms with Gasteiger partial charge in [-0.25, -0.2) is 4.98 Å². The minimum Gasteiger partial charge on any atom is -0.484 e. The first-order valence-corrected chi connectivity index (χ1v) is 10.0. The number of rotatable bonds is 4. The van der Waals surface area contributed by atoms with Crippen molar-refractivity contribution in [2.75, 3.05) is 11.9 Å². The van der Waals surface area contributed by atoms with Crippen molar-refractivity contribution in [2.45, 2.75) is 53.9 Å². The first-order chi connectivity index (χ1) is 12.2. The number of aryl methyl sites for hydroxylation is 3. The summed E-state index contributed by atoms with van der Waals surface area (Å²) in [5.74, 6) is 1.23. The number of thiazole rings is 1. The van der Waals surface area contributed by atoms with Gasteiger partial charge >= 0.3 is 0 Å². The van der Waals surface area contributed by atoms with E-state index in [1.165, 1.54) is 11.3 Å². The molecule has 0 saturated carbocycles. The zero-order valence-corrected chi connectivity index (χ0v) is 17.1. The Balaban J connectivity index is 1.58. The topological polar surface area (TPSA) is 51.2 Å². The largest absolute Gasteiger partial charge is 0.484 e. The second kappa shape index (κ2) is 7.39. The average Bonchev–Trinajstić information content (AvgIpc) is 2.92. The van der Waals surface area contributed by atoms with Crippen molar-refractivity contribution in [3.8, 4) is 5.75 Å². The number of carbonyl (C=O) groups is 1. The summed E-state index contributed by atoms with van der Waals surface area (Å²) < 4.78 is 5.63. The van der Waals surface area contributed by atoms with Crippen molar-refractivity contribution < 1.29 is 9.53 Å². The van der Waals surface area contributed by atoms with Crippen LogP contribution in [-0.2, 0) is 17.6 Å². The predicted molar refractivity (Wildman–Crippen MR) is 107 cm³/mol. The number of benzene rings is 1. The smallest absolute Gasteiger partial charge is 0.264 e. The molecule has 4 nitrogen and oxygen atoms in total. The molecule has 0 spiro atoms. The van der Waals surface area contributed by atoms with E-state index in [2.05, 4.69) is 37.1 Å². The number of nitrogens with one attached hydrogen (secondary N) is 1. The lowest BCUT2D eigenvalue weighted by Gasteiger charge is -2.33. The van der Waals surface area contributed by atoms with E-state index in [4.69, 9.17) is 4.74 Å². The Morgan fingerprint density at radius 2 is 1.96 bits per heavy atom. The summed E-state index contributed by atoms with van der Waals surface area (Å²) in [6, 6.07) is 5.96. The number of carbonyl (C=O) groups excluding carboxylic acids is 1. The normalized spacial score (nSPS) is 16.9. The number of nitrogens with zero attached hydrogens (tertiary/aromatic N) is 1. The van der Waals surface area contributed by atoms with Crippen molar-refractivity contribution in [1.82, 2.24) is 4.98 Å². The molecule has 1 heterocycles. The molecule has 1 aromatic carbocycles. The van der Waals surface area contributed by atoms with Crippen LogP contribution in [0.4, 0.5) is 5.13 Å². The molecule has 0 saturated heterocycles. The van der Waals surface area contributed by atoms with Gasteiger partial charge < -0.3 is 4.74 Å². The van der Waals surface area contributed by atoms with Crippen molar-refractivity contribution >= 4 is 22.4 Å². The lowest BCUT2D eigenvalue weighted by atomic mass is 9.73. The Hall–Kier alpha value is -1.88. The highest BCUT2D eigenvalue weighted by Gasteiger charge is 2.30. The molecule has 1 atom stereocenters. The fourth-order valence-electron chi connectivity index (χ4n) is 3.49. The maximum Gasteiger partial charge on any atom is 0.264 e.